The molecular weight excluding hydrogens is 370 g/mol. The van der Waals surface area contributed by atoms with Gasteiger partial charge in [0, 0.05) is 30.1 Å². The predicted octanol–water partition coefficient (Wildman–Crippen LogP) is 4.29. The third kappa shape index (κ3) is 3.46. The molecule has 150 valence electrons. The molecule has 0 bridgehead atoms. The lowest BCUT2D eigenvalue weighted by Gasteiger charge is -2.34. The van der Waals surface area contributed by atoms with Gasteiger partial charge in [0.2, 0.25) is 5.76 Å². The smallest absolute Gasteiger partial charge is 0.306 e. The van der Waals surface area contributed by atoms with E-state index < -0.39 is 11.9 Å². The molecule has 1 saturated heterocycles. The number of carbonyl (C=O) groups is 2. The molecule has 1 amide bonds. The minimum absolute atomic E-state index is 0.116. The molecule has 2 atom stereocenters. The predicted molar refractivity (Wildman–Crippen MR) is 109 cm³/mol. The number of aliphatic carboxylic acids is 1. The first-order chi connectivity index (χ1) is 14.0. The Hall–Kier alpha value is -3.28. The van der Waals surface area contributed by atoms with Crippen molar-refractivity contribution in [1.29, 1.82) is 0 Å². The summed E-state index contributed by atoms with van der Waals surface area (Å²) < 4.78 is 11.3. The SMILES string of the molecule is COc1ccc2c(-c3ccccc3)c(C(=O)N3CCC(C(=O)O)C(C)C3)oc2c1. The second-order valence-corrected chi connectivity index (χ2v) is 7.50. The van der Waals surface area contributed by atoms with Crippen LogP contribution in [0.5, 0.6) is 5.75 Å². The van der Waals surface area contributed by atoms with Gasteiger partial charge in [0.1, 0.15) is 11.3 Å². The van der Waals surface area contributed by atoms with Gasteiger partial charge in [0.05, 0.1) is 13.0 Å². The number of hydrogen-bond donors (Lipinski definition) is 1. The maximum Gasteiger partial charge on any atom is 0.306 e. The topological polar surface area (TPSA) is 80.0 Å². The van der Waals surface area contributed by atoms with E-state index >= 15 is 0 Å². The van der Waals surface area contributed by atoms with Crippen molar-refractivity contribution < 1.29 is 23.8 Å². The molecule has 2 heterocycles. The number of carboxylic acid groups (broad SMARTS) is 1. The summed E-state index contributed by atoms with van der Waals surface area (Å²) in [7, 11) is 1.59. The summed E-state index contributed by atoms with van der Waals surface area (Å²) in [5.74, 6) is -0.622. The summed E-state index contributed by atoms with van der Waals surface area (Å²) in [6.45, 7) is 2.67. The zero-order valence-electron chi connectivity index (χ0n) is 16.4. The minimum Gasteiger partial charge on any atom is -0.497 e. The first-order valence-corrected chi connectivity index (χ1v) is 9.67. The Kier molecular flexibility index (Phi) is 5.01. The van der Waals surface area contributed by atoms with Crippen LogP contribution in [0.3, 0.4) is 0 Å². The van der Waals surface area contributed by atoms with Gasteiger partial charge in [-0.05, 0) is 30.0 Å². The number of carboxylic acids is 1. The lowest BCUT2D eigenvalue weighted by molar-refractivity contribution is -0.145. The van der Waals surface area contributed by atoms with E-state index in [4.69, 9.17) is 9.15 Å². The highest BCUT2D eigenvalue weighted by atomic mass is 16.5. The van der Waals surface area contributed by atoms with Crippen molar-refractivity contribution >= 4 is 22.8 Å². The Balaban J connectivity index is 1.76. The molecule has 4 rings (SSSR count). The summed E-state index contributed by atoms with van der Waals surface area (Å²) in [5, 5.41) is 10.2. The summed E-state index contributed by atoms with van der Waals surface area (Å²) >= 11 is 0. The van der Waals surface area contributed by atoms with Crippen LogP contribution in [0, 0.1) is 11.8 Å². The van der Waals surface area contributed by atoms with Crippen molar-refractivity contribution in [3.63, 3.8) is 0 Å². The summed E-state index contributed by atoms with van der Waals surface area (Å²) in [4.78, 5) is 26.5. The van der Waals surface area contributed by atoms with Crippen molar-refractivity contribution in [2.24, 2.45) is 11.8 Å². The standard InChI is InChI=1S/C23H23NO5/c1-14-13-24(11-10-17(14)23(26)27)22(25)21-20(15-6-4-3-5-7-15)18-9-8-16(28-2)12-19(18)29-21/h3-9,12,14,17H,10-11,13H2,1-2H3,(H,26,27). The molecule has 1 aliphatic heterocycles. The van der Waals surface area contributed by atoms with E-state index in [9.17, 15) is 14.7 Å². The number of piperidine rings is 1. The van der Waals surface area contributed by atoms with Gasteiger partial charge in [0.25, 0.3) is 5.91 Å². The Bertz CT molecular complexity index is 1060. The monoisotopic (exact) mass is 393 g/mol. The highest BCUT2D eigenvalue weighted by Gasteiger charge is 2.35. The lowest BCUT2D eigenvalue weighted by atomic mass is 9.87. The molecule has 1 aliphatic rings. The van der Waals surface area contributed by atoms with Crippen molar-refractivity contribution in [1.82, 2.24) is 4.90 Å². The largest absolute Gasteiger partial charge is 0.497 e. The first-order valence-electron chi connectivity index (χ1n) is 9.67. The molecule has 29 heavy (non-hydrogen) atoms. The summed E-state index contributed by atoms with van der Waals surface area (Å²) in [5.41, 5.74) is 2.23. The van der Waals surface area contributed by atoms with Crippen molar-refractivity contribution in [2.45, 2.75) is 13.3 Å². The Morgan fingerprint density at radius 3 is 2.59 bits per heavy atom. The normalized spacial score (nSPS) is 19.3. The summed E-state index contributed by atoms with van der Waals surface area (Å²) in [6.07, 6.45) is 0.441. The van der Waals surface area contributed by atoms with E-state index in [1.807, 2.05) is 49.4 Å². The number of nitrogens with zero attached hydrogens (tertiary/aromatic N) is 1. The number of carbonyl (C=O) groups excluding carboxylic acids is 1. The number of fused-ring (bicyclic) bond motifs is 1. The second kappa shape index (κ2) is 7.62. The maximum absolute atomic E-state index is 13.4. The Morgan fingerprint density at radius 1 is 1.17 bits per heavy atom. The van der Waals surface area contributed by atoms with Crippen molar-refractivity contribution in [3.05, 3.63) is 54.3 Å². The van der Waals surface area contributed by atoms with Crippen LogP contribution >= 0.6 is 0 Å². The van der Waals surface area contributed by atoms with Gasteiger partial charge in [-0.3, -0.25) is 9.59 Å². The molecule has 6 heteroatoms. The van der Waals surface area contributed by atoms with Crippen LogP contribution in [-0.2, 0) is 4.79 Å². The van der Waals surface area contributed by atoms with Gasteiger partial charge >= 0.3 is 5.97 Å². The molecule has 2 aromatic carbocycles. The number of methoxy groups -OCH3 is 1. The number of likely N-dealkylation sites (tertiary alicyclic amines) is 1. The molecule has 0 radical (unpaired) electrons. The van der Waals surface area contributed by atoms with Crippen LogP contribution < -0.4 is 4.74 Å². The number of furan rings is 1. The fourth-order valence-electron chi connectivity index (χ4n) is 4.09. The average molecular weight is 393 g/mol. The van der Waals surface area contributed by atoms with Gasteiger partial charge < -0.3 is 19.2 Å². The highest BCUT2D eigenvalue weighted by molar-refractivity contribution is 6.08. The number of ether oxygens (including phenoxy) is 1. The molecule has 3 aromatic rings. The van der Waals surface area contributed by atoms with Crippen LogP contribution in [0.15, 0.2) is 52.9 Å². The summed E-state index contributed by atoms with van der Waals surface area (Å²) in [6, 6.07) is 15.2. The third-order valence-corrected chi connectivity index (χ3v) is 5.66. The average Bonchev–Trinajstić information content (AvgIpc) is 3.12. The highest BCUT2D eigenvalue weighted by Crippen LogP contribution is 2.38. The zero-order chi connectivity index (χ0) is 20.5. The Labute approximate surface area is 168 Å². The fourth-order valence-corrected chi connectivity index (χ4v) is 4.09. The van der Waals surface area contributed by atoms with Crippen LogP contribution in [0.2, 0.25) is 0 Å². The van der Waals surface area contributed by atoms with Crippen molar-refractivity contribution in [3.8, 4) is 16.9 Å². The van der Waals surface area contributed by atoms with E-state index in [1.165, 1.54) is 0 Å². The molecule has 0 aliphatic carbocycles. The number of benzene rings is 2. The molecular formula is C23H23NO5. The van der Waals surface area contributed by atoms with Crippen LogP contribution in [0.4, 0.5) is 0 Å². The maximum atomic E-state index is 13.4. The van der Waals surface area contributed by atoms with E-state index in [0.29, 0.717) is 30.8 Å². The van der Waals surface area contributed by atoms with E-state index in [2.05, 4.69) is 0 Å². The second-order valence-electron chi connectivity index (χ2n) is 7.50. The van der Waals surface area contributed by atoms with Gasteiger partial charge in [-0.25, -0.2) is 0 Å². The quantitative estimate of drug-likeness (QED) is 0.715. The van der Waals surface area contributed by atoms with E-state index in [-0.39, 0.29) is 17.6 Å². The number of amides is 1. The molecule has 0 saturated carbocycles. The number of hydrogen-bond acceptors (Lipinski definition) is 4. The van der Waals surface area contributed by atoms with Gasteiger partial charge in [-0.15, -0.1) is 0 Å². The number of rotatable bonds is 4. The Morgan fingerprint density at radius 2 is 1.93 bits per heavy atom. The van der Waals surface area contributed by atoms with Gasteiger partial charge in [-0.1, -0.05) is 37.3 Å². The van der Waals surface area contributed by atoms with E-state index in [1.54, 1.807) is 18.1 Å². The molecule has 2 unspecified atom stereocenters. The van der Waals surface area contributed by atoms with Crippen LogP contribution in [-0.4, -0.2) is 42.1 Å². The zero-order valence-corrected chi connectivity index (χ0v) is 16.4. The minimum atomic E-state index is -0.801. The fraction of sp³-hybridized carbons (Fsp3) is 0.304. The molecule has 1 N–H and O–H groups in total. The molecule has 1 aromatic heterocycles. The first kappa shape index (κ1) is 19.1. The van der Waals surface area contributed by atoms with E-state index in [0.717, 1.165) is 16.5 Å². The van der Waals surface area contributed by atoms with Gasteiger partial charge in [-0.2, -0.15) is 0 Å². The molecule has 1 fully saturated rings. The van der Waals surface area contributed by atoms with Crippen molar-refractivity contribution in [2.75, 3.05) is 20.2 Å². The third-order valence-electron chi connectivity index (χ3n) is 5.66. The van der Waals surface area contributed by atoms with Crippen LogP contribution in [0.1, 0.15) is 23.9 Å². The molecule has 6 nitrogen and oxygen atoms in total. The van der Waals surface area contributed by atoms with Crippen LogP contribution in [0.25, 0.3) is 22.1 Å². The molecule has 0 spiro atoms. The lowest BCUT2D eigenvalue weighted by Crippen LogP contribution is -2.45. The van der Waals surface area contributed by atoms with Gasteiger partial charge in [0.15, 0.2) is 0 Å².